The molecule has 1 heterocycles. The second kappa shape index (κ2) is 9.97. The number of nitrogens with zero attached hydrogens (tertiary/aromatic N) is 2. The third-order valence-corrected chi connectivity index (χ3v) is 5.91. The van der Waals surface area contributed by atoms with E-state index in [1.165, 1.54) is 59.3 Å². The van der Waals surface area contributed by atoms with Crippen molar-refractivity contribution in [3.05, 3.63) is 76.8 Å². The van der Waals surface area contributed by atoms with Crippen LogP contribution in [0.3, 0.4) is 0 Å². The number of esters is 1. The Balaban J connectivity index is 1.58. The van der Waals surface area contributed by atoms with E-state index in [2.05, 4.69) is 10.4 Å². The number of amides is 1. The van der Waals surface area contributed by atoms with E-state index in [0.29, 0.717) is 22.6 Å². The van der Waals surface area contributed by atoms with Gasteiger partial charge in [-0.1, -0.05) is 11.6 Å². The molecule has 0 aliphatic heterocycles. The number of nitrogens with one attached hydrogen (secondary N) is 1. The standard InChI is InChI=1S/C22H19ClFN3O5S/c1-14-19(22(23)27(26-14)17-7-3-15(24)4-8-17)11-12-21(29)32-13-20(28)25-16-5-9-18(10-6-16)33(2,30)31/h3-12H,13H2,1-2H3,(H,25,28)/b12-11+. The average Bonchev–Trinajstić information content (AvgIpc) is 3.04. The molecule has 0 atom stereocenters. The number of benzene rings is 2. The summed E-state index contributed by atoms with van der Waals surface area (Å²) in [7, 11) is -3.34. The molecule has 33 heavy (non-hydrogen) atoms. The predicted octanol–water partition coefficient (Wildman–Crippen LogP) is 3.57. The van der Waals surface area contributed by atoms with Gasteiger partial charge in [-0.25, -0.2) is 22.3 Å². The molecule has 3 rings (SSSR count). The Morgan fingerprint density at radius 3 is 2.39 bits per heavy atom. The molecule has 0 radical (unpaired) electrons. The van der Waals surface area contributed by atoms with Crippen LogP contribution in [0.15, 0.2) is 59.5 Å². The maximum absolute atomic E-state index is 13.1. The van der Waals surface area contributed by atoms with Crippen molar-refractivity contribution in [1.82, 2.24) is 9.78 Å². The van der Waals surface area contributed by atoms with Crippen LogP contribution in [0.25, 0.3) is 11.8 Å². The molecule has 2 aromatic carbocycles. The van der Waals surface area contributed by atoms with Crippen molar-refractivity contribution in [2.24, 2.45) is 0 Å². The molecule has 11 heteroatoms. The Morgan fingerprint density at radius 1 is 1.15 bits per heavy atom. The number of aryl methyl sites for hydroxylation is 1. The topological polar surface area (TPSA) is 107 Å². The first kappa shape index (κ1) is 24.1. The monoisotopic (exact) mass is 491 g/mol. The fraction of sp³-hybridized carbons (Fsp3) is 0.136. The maximum atomic E-state index is 13.1. The van der Waals surface area contributed by atoms with Crippen molar-refractivity contribution in [3.63, 3.8) is 0 Å². The molecule has 1 aromatic heterocycles. The van der Waals surface area contributed by atoms with Gasteiger partial charge in [-0.05, 0) is 61.5 Å². The van der Waals surface area contributed by atoms with Crippen LogP contribution >= 0.6 is 11.6 Å². The SMILES string of the molecule is Cc1nn(-c2ccc(F)cc2)c(Cl)c1/C=C/C(=O)OCC(=O)Nc1ccc(S(C)(=O)=O)cc1. The van der Waals surface area contributed by atoms with Crippen molar-refractivity contribution in [3.8, 4) is 5.69 Å². The minimum absolute atomic E-state index is 0.119. The Hall–Kier alpha value is -3.50. The van der Waals surface area contributed by atoms with Crippen molar-refractivity contribution in [2.75, 3.05) is 18.2 Å². The summed E-state index contributed by atoms with van der Waals surface area (Å²) in [4.78, 5) is 24.1. The van der Waals surface area contributed by atoms with Gasteiger partial charge in [0.2, 0.25) is 0 Å². The fourth-order valence-corrected chi connectivity index (χ4v) is 3.74. The third kappa shape index (κ3) is 6.27. The molecule has 0 saturated carbocycles. The Bertz CT molecular complexity index is 1320. The molecule has 0 unspecified atom stereocenters. The number of sulfone groups is 1. The molecule has 1 amide bonds. The van der Waals surface area contributed by atoms with Crippen LogP contribution in [0.2, 0.25) is 5.15 Å². The third-order valence-electron chi connectivity index (χ3n) is 4.42. The van der Waals surface area contributed by atoms with Gasteiger partial charge in [0.25, 0.3) is 5.91 Å². The highest BCUT2D eigenvalue weighted by atomic mass is 35.5. The summed E-state index contributed by atoms with van der Waals surface area (Å²) in [5.74, 6) is -1.76. The molecule has 0 fully saturated rings. The minimum atomic E-state index is -3.34. The number of carbonyl (C=O) groups excluding carboxylic acids is 2. The molecule has 172 valence electrons. The first-order chi connectivity index (χ1) is 15.5. The summed E-state index contributed by atoms with van der Waals surface area (Å²) in [5, 5.41) is 7.01. The van der Waals surface area contributed by atoms with Crippen molar-refractivity contribution in [2.45, 2.75) is 11.8 Å². The largest absolute Gasteiger partial charge is 0.452 e. The molecule has 0 saturated heterocycles. The fourth-order valence-electron chi connectivity index (χ4n) is 2.77. The van der Waals surface area contributed by atoms with E-state index in [0.717, 1.165) is 12.3 Å². The average molecular weight is 492 g/mol. The van der Waals surface area contributed by atoms with Crippen LogP contribution in [0.1, 0.15) is 11.3 Å². The highest BCUT2D eigenvalue weighted by Gasteiger charge is 2.14. The summed E-state index contributed by atoms with van der Waals surface area (Å²) < 4.78 is 42.4. The van der Waals surface area contributed by atoms with E-state index in [9.17, 15) is 22.4 Å². The van der Waals surface area contributed by atoms with Gasteiger partial charge < -0.3 is 10.1 Å². The van der Waals surface area contributed by atoms with Gasteiger partial charge in [0.05, 0.1) is 16.3 Å². The van der Waals surface area contributed by atoms with E-state index < -0.39 is 34.1 Å². The van der Waals surface area contributed by atoms with Gasteiger partial charge >= 0.3 is 5.97 Å². The van der Waals surface area contributed by atoms with Crippen LogP contribution in [-0.4, -0.2) is 42.9 Å². The molecule has 0 aliphatic carbocycles. The zero-order valence-electron chi connectivity index (χ0n) is 17.6. The van der Waals surface area contributed by atoms with E-state index in [-0.39, 0.29) is 10.0 Å². The Morgan fingerprint density at radius 2 is 1.79 bits per heavy atom. The number of carbonyl (C=O) groups is 2. The number of rotatable bonds is 7. The normalized spacial score (nSPS) is 11.5. The van der Waals surface area contributed by atoms with Crippen LogP contribution < -0.4 is 5.32 Å². The lowest BCUT2D eigenvalue weighted by molar-refractivity contribution is -0.142. The highest BCUT2D eigenvalue weighted by molar-refractivity contribution is 7.90. The number of ether oxygens (including phenoxy) is 1. The van der Waals surface area contributed by atoms with E-state index in [4.69, 9.17) is 16.3 Å². The lowest BCUT2D eigenvalue weighted by Crippen LogP contribution is -2.20. The van der Waals surface area contributed by atoms with E-state index >= 15 is 0 Å². The number of hydrogen-bond donors (Lipinski definition) is 1. The first-order valence-electron chi connectivity index (χ1n) is 9.50. The van der Waals surface area contributed by atoms with Gasteiger partial charge in [0.15, 0.2) is 16.4 Å². The molecule has 1 N–H and O–H groups in total. The van der Waals surface area contributed by atoms with Crippen molar-refractivity contribution < 1.29 is 27.1 Å². The lowest BCUT2D eigenvalue weighted by Gasteiger charge is -2.06. The predicted molar refractivity (Wildman–Crippen MR) is 121 cm³/mol. The minimum Gasteiger partial charge on any atom is -0.452 e. The lowest BCUT2D eigenvalue weighted by atomic mass is 10.2. The van der Waals surface area contributed by atoms with Crippen LogP contribution in [0, 0.1) is 12.7 Å². The van der Waals surface area contributed by atoms with Crippen molar-refractivity contribution >= 4 is 45.1 Å². The molecule has 0 aliphatic rings. The van der Waals surface area contributed by atoms with Gasteiger partial charge in [0.1, 0.15) is 11.0 Å². The molecule has 8 nitrogen and oxygen atoms in total. The second-order valence-electron chi connectivity index (χ2n) is 6.96. The summed E-state index contributed by atoms with van der Waals surface area (Å²) in [6.07, 6.45) is 3.60. The molecular formula is C22H19ClFN3O5S. The van der Waals surface area contributed by atoms with Crippen LogP contribution in [0.5, 0.6) is 0 Å². The second-order valence-corrected chi connectivity index (χ2v) is 9.34. The van der Waals surface area contributed by atoms with Gasteiger partial charge in [-0.15, -0.1) is 0 Å². The van der Waals surface area contributed by atoms with Crippen LogP contribution in [-0.2, 0) is 24.2 Å². The van der Waals surface area contributed by atoms with E-state index in [1.807, 2.05) is 0 Å². The number of anilines is 1. The smallest absolute Gasteiger partial charge is 0.331 e. The zero-order valence-corrected chi connectivity index (χ0v) is 19.2. The van der Waals surface area contributed by atoms with E-state index in [1.54, 1.807) is 6.92 Å². The van der Waals surface area contributed by atoms with Crippen molar-refractivity contribution in [1.29, 1.82) is 0 Å². The molecule has 0 bridgehead atoms. The van der Waals surface area contributed by atoms with Gasteiger partial charge in [-0.2, -0.15) is 5.10 Å². The first-order valence-corrected chi connectivity index (χ1v) is 11.8. The van der Waals surface area contributed by atoms with Gasteiger partial charge in [0, 0.05) is 23.6 Å². The highest BCUT2D eigenvalue weighted by Crippen LogP contribution is 2.25. The summed E-state index contributed by atoms with van der Waals surface area (Å²) in [6, 6.07) is 11.2. The number of aromatic nitrogens is 2. The summed E-state index contributed by atoms with van der Waals surface area (Å²) >= 11 is 6.35. The summed E-state index contributed by atoms with van der Waals surface area (Å²) in [5.41, 5.74) is 1.90. The van der Waals surface area contributed by atoms with Gasteiger partial charge in [-0.3, -0.25) is 4.79 Å². The number of halogens is 2. The maximum Gasteiger partial charge on any atom is 0.331 e. The molecular weight excluding hydrogens is 473 g/mol. The Kier molecular flexibility index (Phi) is 7.29. The van der Waals surface area contributed by atoms with Crippen LogP contribution in [0.4, 0.5) is 10.1 Å². The Labute approximate surface area is 194 Å². The number of hydrogen-bond acceptors (Lipinski definition) is 6. The zero-order chi connectivity index (χ0) is 24.2. The summed E-state index contributed by atoms with van der Waals surface area (Å²) in [6.45, 7) is 1.15. The quantitative estimate of drug-likeness (QED) is 0.400. The molecule has 3 aromatic rings. The molecule has 0 spiro atoms.